The summed E-state index contributed by atoms with van der Waals surface area (Å²) in [6.45, 7) is 1.52. The molecular formula is C17H29N5O9P2S. The van der Waals surface area contributed by atoms with E-state index in [2.05, 4.69) is 31.7 Å². The molecule has 2 aromatic heterocycles. The van der Waals surface area contributed by atoms with Crippen molar-refractivity contribution in [3.05, 3.63) is 6.33 Å². The second-order valence-corrected chi connectivity index (χ2v) is 11.1. The van der Waals surface area contributed by atoms with Crippen molar-refractivity contribution < 1.29 is 42.5 Å². The molecule has 0 saturated carbocycles. The molecule has 34 heavy (non-hydrogen) atoms. The Morgan fingerprint density at radius 3 is 2.62 bits per heavy atom. The highest BCUT2D eigenvalue weighted by atomic mass is 32.2. The van der Waals surface area contributed by atoms with E-state index in [0.29, 0.717) is 22.1 Å². The van der Waals surface area contributed by atoms with Gasteiger partial charge in [-0.1, -0.05) is 37.9 Å². The molecule has 17 heteroatoms. The molecule has 0 radical (unpaired) electrons. The molecule has 0 unspecified atom stereocenters. The van der Waals surface area contributed by atoms with Gasteiger partial charge in [0.15, 0.2) is 22.1 Å². The van der Waals surface area contributed by atoms with Crippen LogP contribution in [0, 0.1) is 0 Å². The van der Waals surface area contributed by atoms with Crippen molar-refractivity contribution in [2.24, 2.45) is 0 Å². The Hall–Kier alpha value is -1.12. The van der Waals surface area contributed by atoms with Crippen LogP contribution in [0.4, 0.5) is 5.82 Å². The van der Waals surface area contributed by atoms with Gasteiger partial charge < -0.3 is 29.6 Å². The maximum Gasteiger partial charge on any atom is 0.469 e. The van der Waals surface area contributed by atoms with E-state index in [-0.39, 0.29) is 6.42 Å². The highest BCUT2D eigenvalue weighted by Gasteiger charge is 2.42. The van der Waals surface area contributed by atoms with Crippen molar-refractivity contribution in [3.8, 4) is 0 Å². The largest absolute Gasteiger partial charge is 0.469 e. The number of phosphoric ester groups is 2. The topological polar surface area (TPSA) is 198 Å². The number of nitrogens with zero attached hydrogens (tertiary/aromatic N) is 4. The average molecular weight is 541 g/mol. The Labute approximate surface area is 200 Å². The number of fused-ring (bicyclic) bond motifs is 1. The van der Waals surface area contributed by atoms with E-state index in [1.165, 1.54) is 24.5 Å². The minimum absolute atomic E-state index is 0.0376. The van der Waals surface area contributed by atoms with Crippen LogP contribution in [0.2, 0.25) is 0 Å². The van der Waals surface area contributed by atoms with Gasteiger partial charge in [-0.05, 0) is 6.42 Å². The molecule has 3 atom stereocenters. The molecule has 0 spiro atoms. The summed E-state index contributed by atoms with van der Waals surface area (Å²) in [5.74, 6) is 1.37. The average Bonchev–Trinajstić information content (AvgIpc) is 3.33. The molecule has 0 amide bonds. The van der Waals surface area contributed by atoms with Gasteiger partial charge in [0.1, 0.15) is 18.4 Å². The van der Waals surface area contributed by atoms with Gasteiger partial charge in [0.05, 0.1) is 12.9 Å². The van der Waals surface area contributed by atoms with Crippen LogP contribution in [0.5, 0.6) is 0 Å². The number of hydrogen-bond donors (Lipinski definition) is 5. The highest BCUT2D eigenvalue weighted by Crippen LogP contribution is 2.45. The molecule has 3 heterocycles. The standard InChI is InChI=1S/C17H29N5O9P2S/c1-3-4-5-6-7-34-17-20-15(18-2)14-16(21-17)22(10-19-14)13-8-11(31-33(26,27)28)12(30-13)9-29-32(23,24)25/h10-13H,3-9H2,1-2H3,(H,18,20,21)(H2,23,24,25)(H2,26,27,28)/t11-,12+,13+/m0/s1. The summed E-state index contributed by atoms with van der Waals surface area (Å²) < 4.78 is 39.2. The molecule has 1 aliphatic rings. The number of phosphoric acid groups is 2. The minimum Gasteiger partial charge on any atom is -0.371 e. The summed E-state index contributed by atoms with van der Waals surface area (Å²) in [6.07, 6.45) is 2.72. The number of hydrogen-bond acceptors (Lipinski definition) is 10. The number of nitrogens with one attached hydrogen (secondary N) is 1. The molecule has 1 fully saturated rings. The number of ether oxygens (including phenoxy) is 1. The molecule has 1 saturated heterocycles. The van der Waals surface area contributed by atoms with Gasteiger partial charge in [-0.25, -0.2) is 24.1 Å². The van der Waals surface area contributed by atoms with Gasteiger partial charge in [0, 0.05) is 19.2 Å². The lowest BCUT2D eigenvalue weighted by Crippen LogP contribution is -2.28. The van der Waals surface area contributed by atoms with E-state index in [1.807, 2.05) is 0 Å². The van der Waals surface area contributed by atoms with Crippen molar-refractivity contribution in [1.82, 2.24) is 19.5 Å². The third-order valence-corrected chi connectivity index (χ3v) is 7.00. The van der Waals surface area contributed by atoms with E-state index < -0.39 is 40.7 Å². The van der Waals surface area contributed by atoms with E-state index in [1.54, 1.807) is 11.6 Å². The molecular weight excluding hydrogens is 512 g/mol. The Bertz CT molecular complexity index is 1060. The molecule has 1 aliphatic heterocycles. The lowest BCUT2D eigenvalue weighted by atomic mass is 10.2. The van der Waals surface area contributed by atoms with Crippen LogP contribution in [0.1, 0.15) is 45.3 Å². The first-order valence-electron chi connectivity index (χ1n) is 10.7. The van der Waals surface area contributed by atoms with E-state index in [9.17, 15) is 18.9 Å². The van der Waals surface area contributed by atoms with Crippen molar-refractivity contribution >= 4 is 44.4 Å². The summed E-state index contributed by atoms with van der Waals surface area (Å²) in [6, 6.07) is 0. The zero-order valence-corrected chi connectivity index (χ0v) is 21.3. The van der Waals surface area contributed by atoms with Crippen LogP contribution in [-0.2, 0) is 22.9 Å². The first-order valence-corrected chi connectivity index (χ1v) is 14.7. The third-order valence-electron chi connectivity index (χ3n) is 5.04. The van der Waals surface area contributed by atoms with E-state index in [0.717, 1.165) is 25.0 Å². The molecule has 5 N–H and O–H groups in total. The fourth-order valence-corrected chi connectivity index (χ4v) is 5.27. The zero-order valence-electron chi connectivity index (χ0n) is 18.7. The summed E-state index contributed by atoms with van der Waals surface area (Å²) >= 11 is 1.51. The van der Waals surface area contributed by atoms with Crippen LogP contribution < -0.4 is 5.32 Å². The van der Waals surface area contributed by atoms with Gasteiger partial charge in [0.25, 0.3) is 0 Å². The molecule has 0 aromatic carbocycles. The van der Waals surface area contributed by atoms with Crippen molar-refractivity contribution in [2.45, 2.75) is 62.6 Å². The molecule has 3 rings (SSSR count). The maximum absolute atomic E-state index is 11.4. The quantitative estimate of drug-likeness (QED) is 0.107. The molecule has 2 aromatic rings. The maximum atomic E-state index is 11.4. The smallest absolute Gasteiger partial charge is 0.371 e. The van der Waals surface area contributed by atoms with Gasteiger partial charge in [0.2, 0.25) is 0 Å². The van der Waals surface area contributed by atoms with Crippen molar-refractivity contribution in [1.29, 1.82) is 0 Å². The third kappa shape index (κ3) is 7.69. The summed E-state index contributed by atoms with van der Waals surface area (Å²) in [5.41, 5.74) is 0.913. The Morgan fingerprint density at radius 2 is 1.97 bits per heavy atom. The lowest BCUT2D eigenvalue weighted by Gasteiger charge is -2.19. The van der Waals surface area contributed by atoms with Crippen molar-refractivity contribution in [2.75, 3.05) is 24.7 Å². The van der Waals surface area contributed by atoms with Crippen LogP contribution in [0.3, 0.4) is 0 Å². The highest BCUT2D eigenvalue weighted by molar-refractivity contribution is 7.99. The molecule has 192 valence electrons. The molecule has 0 bridgehead atoms. The molecule has 0 aliphatic carbocycles. The van der Waals surface area contributed by atoms with Crippen LogP contribution in [-0.4, -0.2) is 70.7 Å². The number of imidazole rings is 1. The Kier molecular flexibility index (Phi) is 9.49. The summed E-state index contributed by atoms with van der Waals surface area (Å²) in [5, 5.41) is 3.53. The number of anilines is 1. The zero-order chi connectivity index (χ0) is 24.9. The number of thioether (sulfide) groups is 1. The summed E-state index contributed by atoms with van der Waals surface area (Å²) in [7, 11) is -8.02. The van der Waals surface area contributed by atoms with Gasteiger partial charge in [-0.2, -0.15) is 0 Å². The van der Waals surface area contributed by atoms with Crippen molar-refractivity contribution in [3.63, 3.8) is 0 Å². The Balaban J connectivity index is 1.84. The minimum atomic E-state index is -4.90. The van der Waals surface area contributed by atoms with E-state index in [4.69, 9.17) is 19.0 Å². The van der Waals surface area contributed by atoms with Gasteiger partial charge in [-0.15, -0.1) is 0 Å². The predicted octanol–water partition coefficient (Wildman–Crippen LogP) is 2.42. The lowest BCUT2D eigenvalue weighted by molar-refractivity contribution is -0.0417. The number of aromatic nitrogens is 4. The van der Waals surface area contributed by atoms with Crippen LogP contribution in [0.15, 0.2) is 11.5 Å². The van der Waals surface area contributed by atoms with Crippen LogP contribution >= 0.6 is 27.4 Å². The second kappa shape index (κ2) is 11.7. The fraction of sp³-hybridized carbons (Fsp3) is 0.706. The van der Waals surface area contributed by atoms with E-state index >= 15 is 0 Å². The first kappa shape index (κ1) is 27.5. The number of rotatable bonds is 13. The second-order valence-electron chi connectivity index (χ2n) is 7.62. The predicted molar refractivity (Wildman–Crippen MR) is 123 cm³/mol. The van der Waals surface area contributed by atoms with Gasteiger partial charge in [-0.3, -0.25) is 13.6 Å². The monoisotopic (exact) mass is 541 g/mol. The Morgan fingerprint density at radius 1 is 1.21 bits per heavy atom. The molecule has 14 nitrogen and oxygen atoms in total. The fourth-order valence-electron chi connectivity index (χ4n) is 3.52. The van der Waals surface area contributed by atoms with Gasteiger partial charge >= 0.3 is 15.6 Å². The summed E-state index contributed by atoms with van der Waals surface area (Å²) in [4.78, 5) is 49.9. The normalized spacial score (nSPS) is 21.4. The number of unbranched alkanes of at least 4 members (excludes halogenated alkanes) is 3. The first-order chi connectivity index (χ1) is 16.0. The SMILES string of the molecule is CCCCCCSc1nc(NC)c2ncn([C@H]3C[C@H](OP(=O)(O)O)[C@@H](COP(=O)(O)O)O3)c2n1. The van der Waals surface area contributed by atoms with Crippen LogP contribution in [0.25, 0.3) is 11.2 Å².